The summed E-state index contributed by atoms with van der Waals surface area (Å²) in [6.45, 7) is 11.6. The van der Waals surface area contributed by atoms with Crippen LogP contribution in [0.4, 0.5) is 16.4 Å². The molecule has 0 spiro atoms. The molecule has 3 aromatic rings. The molecule has 0 saturated carbocycles. The highest BCUT2D eigenvalue weighted by molar-refractivity contribution is 6.05. The van der Waals surface area contributed by atoms with E-state index in [1.165, 1.54) is 0 Å². The lowest BCUT2D eigenvalue weighted by atomic mass is 10.2. The molecule has 0 aliphatic carbocycles. The number of rotatable bonds is 9. The molecule has 0 fully saturated rings. The van der Waals surface area contributed by atoms with Crippen LogP contribution in [0, 0.1) is 0 Å². The van der Waals surface area contributed by atoms with Crippen LogP contribution < -0.4 is 16.0 Å². The molecule has 3 rings (SSSR count). The predicted octanol–water partition coefficient (Wildman–Crippen LogP) is 4.16. The number of likely N-dealkylation sites (N-methyl/N-ethyl adjacent to an activating group) is 1. The molecule has 2 aromatic carbocycles. The zero-order chi connectivity index (χ0) is 23.1. The standard InChI is InChI=1S/C24H32N6O2/c1-5-29(6-2)14-15-30-21-13-8-7-12-20(21)27-23(30)28-22(31)18-10-9-11-19(16-18)26-24(32)25-17(3)4/h7-13,16-17H,5-6,14-15H2,1-4H3,(H2,25,26,32)(H,27,28,31). The number of aromatic nitrogens is 2. The molecular formula is C24H32N6O2. The molecule has 0 aliphatic heterocycles. The van der Waals surface area contributed by atoms with Gasteiger partial charge in [0.25, 0.3) is 5.91 Å². The Labute approximate surface area is 189 Å². The summed E-state index contributed by atoms with van der Waals surface area (Å²) in [5, 5.41) is 8.48. The molecule has 0 aliphatic rings. The van der Waals surface area contributed by atoms with Crippen molar-refractivity contribution in [3.63, 3.8) is 0 Å². The van der Waals surface area contributed by atoms with Gasteiger partial charge in [-0.15, -0.1) is 0 Å². The summed E-state index contributed by atoms with van der Waals surface area (Å²) in [4.78, 5) is 32.0. The SMILES string of the molecule is CCN(CC)CCn1c(NC(=O)c2cccc(NC(=O)NC(C)C)c2)nc2ccccc21. The fraction of sp³-hybridized carbons (Fsp3) is 0.375. The fourth-order valence-corrected chi connectivity index (χ4v) is 3.52. The molecule has 0 bridgehead atoms. The Kier molecular flexibility index (Phi) is 7.83. The van der Waals surface area contributed by atoms with E-state index in [9.17, 15) is 9.59 Å². The molecule has 8 nitrogen and oxygen atoms in total. The fourth-order valence-electron chi connectivity index (χ4n) is 3.52. The van der Waals surface area contributed by atoms with E-state index in [0.717, 1.165) is 37.2 Å². The third-order valence-electron chi connectivity index (χ3n) is 5.22. The van der Waals surface area contributed by atoms with E-state index in [2.05, 4.69) is 39.7 Å². The average molecular weight is 437 g/mol. The summed E-state index contributed by atoms with van der Waals surface area (Å²) < 4.78 is 2.05. The number of amides is 3. The maximum atomic E-state index is 13.0. The minimum absolute atomic E-state index is 0.0193. The molecular weight excluding hydrogens is 404 g/mol. The van der Waals surface area contributed by atoms with Gasteiger partial charge in [0.2, 0.25) is 5.95 Å². The van der Waals surface area contributed by atoms with Gasteiger partial charge in [-0.3, -0.25) is 10.1 Å². The number of hydrogen-bond acceptors (Lipinski definition) is 4. The molecule has 3 amide bonds. The van der Waals surface area contributed by atoms with Gasteiger partial charge in [0.15, 0.2) is 0 Å². The van der Waals surface area contributed by atoms with Gasteiger partial charge < -0.3 is 20.1 Å². The highest BCUT2D eigenvalue weighted by atomic mass is 16.2. The lowest BCUT2D eigenvalue weighted by molar-refractivity contribution is 0.102. The molecule has 0 radical (unpaired) electrons. The average Bonchev–Trinajstić information content (AvgIpc) is 3.11. The van der Waals surface area contributed by atoms with E-state index in [0.29, 0.717) is 17.2 Å². The van der Waals surface area contributed by atoms with Crippen LogP contribution in [0.25, 0.3) is 11.0 Å². The van der Waals surface area contributed by atoms with Crippen molar-refractivity contribution in [1.82, 2.24) is 19.8 Å². The highest BCUT2D eigenvalue weighted by Gasteiger charge is 2.15. The van der Waals surface area contributed by atoms with Crippen molar-refractivity contribution >= 4 is 34.6 Å². The second-order valence-electron chi connectivity index (χ2n) is 7.89. The minimum atomic E-state index is -0.309. The first-order valence-electron chi connectivity index (χ1n) is 11.1. The molecule has 1 heterocycles. The molecule has 8 heteroatoms. The first-order valence-corrected chi connectivity index (χ1v) is 11.1. The van der Waals surface area contributed by atoms with Crippen molar-refractivity contribution in [3.05, 3.63) is 54.1 Å². The zero-order valence-corrected chi connectivity index (χ0v) is 19.2. The number of carbonyl (C=O) groups excluding carboxylic acids is 2. The number of anilines is 2. The number of para-hydroxylation sites is 2. The first-order chi connectivity index (χ1) is 15.4. The number of nitrogens with one attached hydrogen (secondary N) is 3. The number of nitrogens with zero attached hydrogens (tertiary/aromatic N) is 3. The van der Waals surface area contributed by atoms with Crippen molar-refractivity contribution in [3.8, 4) is 0 Å². The number of urea groups is 1. The monoisotopic (exact) mass is 436 g/mol. The molecule has 0 saturated heterocycles. The van der Waals surface area contributed by atoms with Crippen molar-refractivity contribution in [2.24, 2.45) is 0 Å². The highest BCUT2D eigenvalue weighted by Crippen LogP contribution is 2.21. The van der Waals surface area contributed by atoms with E-state index in [1.54, 1.807) is 24.3 Å². The molecule has 1 aromatic heterocycles. The number of benzene rings is 2. The van der Waals surface area contributed by atoms with Gasteiger partial charge >= 0.3 is 6.03 Å². The number of fused-ring (bicyclic) bond motifs is 1. The lowest BCUT2D eigenvalue weighted by Crippen LogP contribution is -2.34. The van der Waals surface area contributed by atoms with Crippen LogP contribution >= 0.6 is 0 Å². The van der Waals surface area contributed by atoms with Gasteiger partial charge in [0.05, 0.1) is 11.0 Å². The van der Waals surface area contributed by atoms with E-state index < -0.39 is 0 Å². The lowest BCUT2D eigenvalue weighted by Gasteiger charge is -2.19. The van der Waals surface area contributed by atoms with Gasteiger partial charge in [-0.1, -0.05) is 32.0 Å². The first kappa shape index (κ1) is 23.3. The van der Waals surface area contributed by atoms with Crippen molar-refractivity contribution < 1.29 is 9.59 Å². The molecule has 170 valence electrons. The maximum Gasteiger partial charge on any atom is 0.319 e. The predicted molar refractivity (Wildman–Crippen MR) is 129 cm³/mol. The zero-order valence-electron chi connectivity index (χ0n) is 19.2. The van der Waals surface area contributed by atoms with Crippen LogP contribution in [-0.4, -0.2) is 52.1 Å². The molecule has 32 heavy (non-hydrogen) atoms. The molecule has 3 N–H and O–H groups in total. The molecule has 0 unspecified atom stereocenters. The van der Waals surface area contributed by atoms with Crippen molar-refractivity contribution in [2.75, 3.05) is 30.3 Å². The second kappa shape index (κ2) is 10.8. The van der Waals surface area contributed by atoms with Gasteiger partial charge in [-0.2, -0.15) is 0 Å². The minimum Gasteiger partial charge on any atom is -0.336 e. The van der Waals surface area contributed by atoms with Gasteiger partial charge in [-0.25, -0.2) is 9.78 Å². The van der Waals surface area contributed by atoms with Crippen molar-refractivity contribution in [2.45, 2.75) is 40.3 Å². The molecule has 0 atom stereocenters. The van der Waals surface area contributed by atoms with Crippen LogP contribution in [0.15, 0.2) is 48.5 Å². The van der Waals surface area contributed by atoms with Crippen LogP contribution in [0.5, 0.6) is 0 Å². The summed E-state index contributed by atoms with van der Waals surface area (Å²) in [6, 6.07) is 14.4. The Hall–Kier alpha value is -3.39. The summed E-state index contributed by atoms with van der Waals surface area (Å²) in [5.41, 5.74) is 2.80. The van der Waals surface area contributed by atoms with Crippen LogP contribution in [0.1, 0.15) is 38.1 Å². The van der Waals surface area contributed by atoms with E-state index in [1.807, 2.05) is 42.7 Å². The summed E-state index contributed by atoms with van der Waals surface area (Å²) in [7, 11) is 0. The second-order valence-corrected chi connectivity index (χ2v) is 7.89. The van der Waals surface area contributed by atoms with E-state index in [4.69, 9.17) is 0 Å². The third-order valence-corrected chi connectivity index (χ3v) is 5.22. The third kappa shape index (κ3) is 5.85. The van der Waals surface area contributed by atoms with Gasteiger partial charge in [0.1, 0.15) is 0 Å². The maximum absolute atomic E-state index is 13.0. The van der Waals surface area contributed by atoms with Gasteiger partial charge in [0, 0.05) is 30.4 Å². The Morgan fingerprint density at radius 2 is 1.78 bits per heavy atom. The Morgan fingerprint density at radius 1 is 1.03 bits per heavy atom. The quantitative estimate of drug-likeness (QED) is 0.470. The number of hydrogen-bond donors (Lipinski definition) is 3. The van der Waals surface area contributed by atoms with Crippen LogP contribution in [-0.2, 0) is 6.54 Å². The normalized spacial score (nSPS) is 11.2. The van der Waals surface area contributed by atoms with Gasteiger partial charge in [-0.05, 0) is 57.3 Å². The van der Waals surface area contributed by atoms with E-state index in [-0.39, 0.29) is 18.0 Å². The number of imidazole rings is 1. The smallest absolute Gasteiger partial charge is 0.319 e. The Balaban J connectivity index is 1.80. The topological polar surface area (TPSA) is 91.3 Å². The number of carbonyl (C=O) groups is 2. The van der Waals surface area contributed by atoms with E-state index >= 15 is 0 Å². The van der Waals surface area contributed by atoms with Crippen LogP contribution in [0.2, 0.25) is 0 Å². The largest absolute Gasteiger partial charge is 0.336 e. The summed E-state index contributed by atoms with van der Waals surface area (Å²) >= 11 is 0. The van der Waals surface area contributed by atoms with Crippen molar-refractivity contribution in [1.29, 1.82) is 0 Å². The Morgan fingerprint density at radius 3 is 2.50 bits per heavy atom. The summed E-state index contributed by atoms with van der Waals surface area (Å²) in [5.74, 6) is 0.233. The van der Waals surface area contributed by atoms with Crippen LogP contribution in [0.3, 0.4) is 0 Å². The Bertz CT molecular complexity index is 1070. The summed E-state index contributed by atoms with van der Waals surface area (Å²) in [6.07, 6.45) is 0.